The van der Waals surface area contributed by atoms with E-state index in [-0.39, 0.29) is 40.4 Å². The average molecular weight is 507 g/mol. The van der Waals surface area contributed by atoms with E-state index in [0.717, 1.165) is 0 Å². The van der Waals surface area contributed by atoms with E-state index in [4.69, 9.17) is 21.4 Å². The number of aromatic carboxylic acids is 1. The Morgan fingerprint density at radius 3 is 2.53 bits per heavy atom. The van der Waals surface area contributed by atoms with Gasteiger partial charge in [0.2, 0.25) is 15.9 Å². The van der Waals surface area contributed by atoms with Crippen LogP contribution in [-0.2, 0) is 17.1 Å². The van der Waals surface area contributed by atoms with Crippen molar-refractivity contribution in [2.75, 3.05) is 11.9 Å². The molecule has 2 aromatic carbocycles. The predicted molar refractivity (Wildman–Crippen MR) is 126 cm³/mol. The number of rotatable bonds is 9. The van der Waals surface area contributed by atoms with Crippen LogP contribution < -0.4 is 14.8 Å². The summed E-state index contributed by atoms with van der Waals surface area (Å²) in [6.07, 6.45) is 0. The normalized spacial score (nSPS) is 11.4. The highest BCUT2D eigenvalue weighted by molar-refractivity contribution is 7.89. The van der Waals surface area contributed by atoms with Gasteiger partial charge in [-0.2, -0.15) is 5.10 Å². The topological polar surface area (TPSA) is 140 Å². The van der Waals surface area contributed by atoms with Gasteiger partial charge in [-0.15, -0.1) is 0 Å². The van der Waals surface area contributed by atoms with Crippen molar-refractivity contribution in [1.82, 2.24) is 14.5 Å². The summed E-state index contributed by atoms with van der Waals surface area (Å²) in [6.45, 7) is 3.88. The first kappa shape index (κ1) is 25.2. The van der Waals surface area contributed by atoms with Gasteiger partial charge in [-0.1, -0.05) is 31.5 Å². The highest BCUT2D eigenvalue weighted by atomic mass is 35.5. The quantitative estimate of drug-likeness (QED) is 0.401. The van der Waals surface area contributed by atoms with Crippen LogP contribution in [0.5, 0.6) is 11.6 Å². The van der Waals surface area contributed by atoms with Crippen molar-refractivity contribution in [3.63, 3.8) is 0 Å². The highest BCUT2D eigenvalue weighted by Gasteiger charge is 2.23. The van der Waals surface area contributed by atoms with Gasteiger partial charge in [-0.05, 0) is 42.3 Å². The summed E-state index contributed by atoms with van der Waals surface area (Å²) >= 11 is 5.94. The van der Waals surface area contributed by atoms with Gasteiger partial charge in [-0.3, -0.25) is 4.79 Å². The zero-order valence-corrected chi connectivity index (χ0v) is 20.1. The van der Waals surface area contributed by atoms with Gasteiger partial charge >= 0.3 is 5.97 Å². The lowest BCUT2D eigenvalue weighted by atomic mass is 10.2. The van der Waals surface area contributed by atoms with E-state index >= 15 is 0 Å². The lowest BCUT2D eigenvalue weighted by molar-refractivity contribution is 0.0689. The van der Waals surface area contributed by atoms with E-state index in [9.17, 15) is 18.0 Å². The zero-order valence-electron chi connectivity index (χ0n) is 18.6. The Balaban J connectivity index is 1.98. The Labute approximate surface area is 201 Å². The molecule has 0 radical (unpaired) electrons. The number of carbonyl (C=O) groups excluding carboxylic acids is 1. The maximum atomic E-state index is 13.1. The molecule has 1 amide bonds. The van der Waals surface area contributed by atoms with Crippen molar-refractivity contribution in [3.8, 4) is 11.6 Å². The molecule has 1 heterocycles. The Morgan fingerprint density at radius 2 is 1.91 bits per heavy atom. The number of nitrogens with zero attached hydrogens (tertiary/aromatic N) is 2. The fraction of sp³-hybridized carbons (Fsp3) is 0.227. The summed E-state index contributed by atoms with van der Waals surface area (Å²) < 4.78 is 35.5. The molecule has 12 heteroatoms. The van der Waals surface area contributed by atoms with Crippen LogP contribution in [0.15, 0.2) is 53.4 Å². The molecule has 3 aromatic rings. The number of sulfonamides is 1. The van der Waals surface area contributed by atoms with Crippen molar-refractivity contribution < 1.29 is 27.9 Å². The van der Waals surface area contributed by atoms with Crippen molar-refractivity contribution in [2.45, 2.75) is 18.7 Å². The Kier molecular flexibility index (Phi) is 7.60. The molecule has 0 unspecified atom stereocenters. The van der Waals surface area contributed by atoms with Crippen LogP contribution in [-0.4, -0.2) is 41.7 Å². The number of nitrogens with one attached hydrogen (secondary N) is 2. The third-order valence-electron chi connectivity index (χ3n) is 4.53. The SMILES string of the molecule is CC(C)CNS(=O)(=O)c1cc(NC(=O)c2cccc(Cl)c2)ccc1Oc1cc(C(=O)O)nn1C. The molecule has 0 spiro atoms. The molecule has 10 nitrogen and oxygen atoms in total. The van der Waals surface area contributed by atoms with Gasteiger partial charge in [-0.25, -0.2) is 22.6 Å². The number of carboxylic acids is 1. The number of hydrogen-bond donors (Lipinski definition) is 3. The second kappa shape index (κ2) is 10.2. The minimum Gasteiger partial charge on any atom is -0.476 e. The number of aromatic nitrogens is 2. The number of aryl methyl sites for hydroxylation is 1. The molecule has 0 aliphatic rings. The standard InChI is InChI=1S/C22H23ClN4O6S/c1-13(2)12-24-34(31,32)19-10-16(25-21(28)14-5-4-6-15(23)9-14)7-8-18(19)33-20-11-17(22(29)30)26-27(20)3/h4-11,13,24H,12H2,1-3H3,(H,25,28)(H,29,30). The average Bonchev–Trinajstić information content (AvgIpc) is 3.14. The van der Waals surface area contributed by atoms with E-state index < -0.39 is 21.9 Å². The molecular formula is C22H23ClN4O6S. The molecule has 3 N–H and O–H groups in total. The van der Waals surface area contributed by atoms with E-state index in [1.165, 1.54) is 42.1 Å². The Morgan fingerprint density at radius 1 is 1.18 bits per heavy atom. The Bertz CT molecular complexity index is 1340. The largest absolute Gasteiger partial charge is 0.476 e. The van der Waals surface area contributed by atoms with Gasteiger partial charge in [0.25, 0.3) is 5.91 Å². The van der Waals surface area contributed by atoms with Crippen LogP contribution >= 0.6 is 11.6 Å². The first-order chi connectivity index (χ1) is 16.0. The molecule has 3 rings (SSSR count). The fourth-order valence-electron chi connectivity index (χ4n) is 2.83. The van der Waals surface area contributed by atoms with E-state index in [1.54, 1.807) is 18.2 Å². The Hall–Kier alpha value is -3.41. The number of amides is 1. The summed E-state index contributed by atoms with van der Waals surface area (Å²) in [6, 6.07) is 11.6. The van der Waals surface area contributed by atoms with Crippen molar-refractivity contribution in [1.29, 1.82) is 0 Å². The number of halogens is 1. The van der Waals surface area contributed by atoms with Gasteiger partial charge < -0.3 is 15.2 Å². The molecular weight excluding hydrogens is 484 g/mol. The molecule has 0 bridgehead atoms. The molecule has 1 aromatic heterocycles. The van der Waals surface area contributed by atoms with Crippen molar-refractivity contribution in [3.05, 3.63) is 64.8 Å². The lowest BCUT2D eigenvalue weighted by Crippen LogP contribution is -2.28. The van der Waals surface area contributed by atoms with E-state index in [1.807, 2.05) is 13.8 Å². The number of carboxylic acid groups (broad SMARTS) is 1. The van der Waals surface area contributed by atoms with Gasteiger partial charge in [0.05, 0.1) is 0 Å². The first-order valence-corrected chi connectivity index (χ1v) is 12.0. The van der Waals surface area contributed by atoms with E-state index in [0.29, 0.717) is 10.6 Å². The predicted octanol–water partition coefficient (Wildman–Crippen LogP) is 3.75. The zero-order chi connectivity index (χ0) is 25.0. The van der Waals surface area contributed by atoms with Gasteiger partial charge in [0, 0.05) is 35.9 Å². The highest BCUT2D eigenvalue weighted by Crippen LogP contribution is 2.32. The van der Waals surface area contributed by atoms with Crippen molar-refractivity contribution >= 4 is 39.2 Å². The van der Waals surface area contributed by atoms with Crippen molar-refractivity contribution in [2.24, 2.45) is 13.0 Å². The maximum Gasteiger partial charge on any atom is 0.356 e. The second-order valence-corrected chi connectivity index (χ2v) is 9.94. The van der Waals surface area contributed by atoms with Gasteiger partial charge in [0.15, 0.2) is 5.69 Å². The smallest absolute Gasteiger partial charge is 0.356 e. The fourth-order valence-corrected chi connectivity index (χ4v) is 4.39. The summed E-state index contributed by atoms with van der Waals surface area (Å²) in [7, 11) is -2.59. The molecule has 180 valence electrons. The molecule has 0 aliphatic heterocycles. The number of ether oxygens (including phenoxy) is 1. The molecule has 34 heavy (non-hydrogen) atoms. The van der Waals surface area contributed by atoms with Crippen LogP contribution in [0.4, 0.5) is 5.69 Å². The lowest BCUT2D eigenvalue weighted by Gasteiger charge is -2.15. The second-order valence-electron chi connectivity index (χ2n) is 7.77. The number of hydrogen-bond acceptors (Lipinski definition) is 6. The van der Waals surface area contributed by atoms with Crippen LogP contribution in [0.2, 0.25) is 5.02 Å². The first-order valence-electron chi connectivity index (χ1n) is 10.1. The minimum absolute atomic E-state index is 0.0217. The van der Waals surface area contributed by atoms with Crippen LogP contribution in [0.1, 0.15) is 34.7 Å². The minimum atomic E-state index is -4.05. The third kappa shape index (κ3) is 6.13. The number of benzene rings is 2. The maximum absolute atomic E-state index is 13.1. The van der Waals surface area contributed by atoms with Crippen LogP contribution in [0, 0.1) is 5.92 Å². The molecule has 0 aliphatic carbocycles. The summed E-state index contributed by atoms with van der Waals surface area (Å²) in [5, 5.41) is 16.0. The summed E-state index contributed by atoms with van der Waals surface area (Å²) in [4.78, 5) is 23.5. The van der Waals surface area contributed by atoms with Gasteiger partial charge in [0.1, 0.15) is 10.6 Å². The van der Waals surface area contributed by atoms with Crippen LogP contribution in [0.3, 0.4) is 0 Å². The van der Waals surface area contributed by atoms with Crippen LogP contribution in [0.25, 0.3) is 0 Å². The monoisotopic (exact) mass is 506 g/mol. The third-order valence-corrected chi connectivity index (χ3v) is 6.21. The number of anilines is 1. The molecule has 0 fully saturated rings. The molecule has 0 saturated heterocycles. The summed E-state index contributed by atoms with van der Waals surface area (Å²) in [5.41, 5.74) is 0.245. The van der Waals surface area contributed by atoms with E-state index in [2.05, 4.69) is 15.1 Å². The summed E-state index contributed by atoms with van der Waals surface area (Å²) in [5.74, 6) is -1.74. The molecule has 0 saturated carbocycles. The number of carbonyl (C=O) groups is 2. The molecule has 0 atom stereocenters.